The van der Waals surface area contributed by atoms with Crippen molar-refractivity contribution in [2.75, 3.05) is 0 Å². The highest BCUT2D eigenvalue weighted by molar-refractivity contribution is 9.10. The molecule has 0 amide bonds. The maximum atomic E-state index is 9.97. The molecule has 1 heterocycles. The van der Waals surface area contributed by atoms with E-state index in [2.05, 4.69) is 40.5 Å². The summed E-state index contributed by atoms with van der Waals surface area (Å²) in [5.41, 5.74) is 1.10. The van der Waals surface area contributed by atoms with Gasteiger partial charge in [-0.05, 0) is 32.4 Å². The van der Waals surface area contributed by atoms with Crippen LogP contribution in [0.3, 0.4) is 0 Å². The third kappa shape index (κ3) is 7.39. The minimum absolute atomic E-state index is 0.771. The Morgan fingerprint density at radius 1 is 1.59 bits per heavy atom. The standard InChI is InChI=1S/C8H11NS.C4H7BrO2/c1-2-4-7-8(10)5-3-6-9-7;1-4(2,5)3(6)7/h3,5-6,10H,2,4H2,1H3;1-2H3,(H,6,7). The minimum Gasteiger partial charge on any atom is -0.480 e. The van der Waals surface area contributed by atoms with E-state index < -0.39 is 10.3 Å². The van der Waals surface area contributed by atoms with E-state index >= 15 is 0 Å². The average Bonchev–Trinajstić information content (AvgIpc) is 2.21. The number of alkyl halides is 1. The molecule has 17 heavy (non-hydrogen) atoms. The molecule has 0 spiro atoms. The van der Waals surface area contributed by atoms with Crippen molar-refractivity contribution in [3.8, 4) is 0 Å². The van der Waals surface area contributed by atoms with Gasteiger partial charge >= 0.3 is 5.97 Å². The van der Waals surface area contributed by atoms with Crippen molar-refractivity contribution in [2.45, 2.75) is 42.8 Å². The van der Waals surface area contributed by atoms with E-state index in [1.165, 1.54) is 0 Å². The zero-order chi connectivity index (χ0) is 13.5. The van der Waals surface area contributed by atoms with Gasteiger partial charge in [-0.25, -0.2) is 0 Å². The number of nitrogens with zero attached hydrogens (tertiary/aromatic N) is 1. The van der Waals surface area contributed by atoms with Gasteiger partial charge in [0.25, 0.3) is 0 Å². The number of hydrogen-bond acceptors (Lipinski definition) is 3. The molecule has 0 saturated heterocycles. The molecule has 3 nitrogen and oxygen atoms in total. The molecule has 0 aliphatic heterocycles. The molecule has 0 saturated carbocycles. The number of aliphatic carboxylic acids is 1. The Bertz CT molecular complexity index is 364. The molecule has 96 valence electrons. The number of aromatic nitrogens is 1. The number of carboxylic acids is 1. The molecule has 0 unspecified atom stereocenters. The van der Waals surface area contributed by atoms with Crippen molar-refractivity contribution in [3.63, 3.8) is 0 Å². The van der Waals surface area contributed by atoms with Crippen molar-refractivity contribution in [3.05, 3.63) is 24.0 Å². The summed E-state index contributed by atoms with van der Waals surface area (Å²) in [4.78, 5) is 15.2. The zero-order valence-corrected chi connectivity index (χ0v) is 12.8. The lowest BCUT2D eigenvalue weighted by atomic mass is 10.2. The molecular weight excluding hydrogens is 302 g/mol. The van der Waals surface area contributed by atoms with Gasteiger partial charge in [0.05, 0.1) is 5.69 Å². The number of aryl methyl sites for hydroxylation is 1. The SMILES string of the molecule is CC(C)(Br)C(=O)O.CCCc1ncccc1S. The Kier molecular flexibility index (Phi) is 7.46. The Labute approximate surface area is 116 Å². The monoisotopic (exact) mass is 319 g/mol. The molecule has 0 aliphatic carbocycles. The molecule has 0 radical (unpaired) electrons. The number of halogens is 1. The zero-order valence-electron chi connectivity index (χ0n) is 10.3. The van der Waals surface area contributed by atoms with Crippen LogP contribution < -0.4 is 0 Å². The van der Waals surface area contributed by atoms with E-state index in [-0.39, 0.29) is 0 Å². The molecule has 0 aliphatic rings. The number of hydrogen-bond donors (Lipinski definition) is 2. The van der Waals surface area contributed by atoms with Gasteiger partial charge < -0.3 is 5.11 Å². The first-order valence-corrected chi connectivity index (χ1v) is 6.58. The predicted molar refractivity (Wildman–Crippen MR) is 76.1 cm³/mol. The first-order chi connectivity index (χ1) is 7.79. The van der Waals surface area contributed by atoms with E-state index in [4.69, 9.17) is 5.11 Å². The van der Waals surface area contributed by atoms with Crippen molar-refractivity contribution < 1.29 is 9.90 Å². The number of carbonyl (C=O) groups is 1. The molecular formula is C12H18BrNO2S. The van der Waals surface area contributed by atoms with Crippen LogP contribution in [0.1, 0.15) is 32.9 Å². The summed E-state index contributed by atoms with van der Waals surface area (Å²) in [5, 5.41) is 8.20. The van der Waals surface area contributed by atoms with Gasteiger partial charge in [-0.2, -0.15) is 0 Å². The van der Waals surface area contributed by atoms with E-state index in [0.717, 1.165) is 23.4 Å². The highest BCUT2D eigenvalue weighted by Crippen LogP contribution is 2.14. The lowest BCUT2D eigenvalue weighted by Gasteiger charge is -2.06. The highest BCUT2D eigenvalue weighted by atomic mass is 79.9. The lowest BCUT2D eigenvalue weighted by molar-refractivity contribution is -0.138. The molecule has 1 rings (SSSR count). The second-order valence-electron chi connectivity index (χ2n) is 4.00. The van der Waals surface area contributed by atoms with Crippen LogP contribution in [-0.2, 0) is 11.2 Å². The molecule has 5 heteroatoms. The first kappa shape index (κ1) is 16.4. The van der Waals surface area contributed by atoms with Gasteiger partial charge in [0.2, 0.25) is 0 Å². The molecule has 0 fully saturated rings. The van der Waals surface area contributed by atoms with Crippen LogP contribution in [0.4, 0.5) is 0 Å². The topological polar surface area (TPSA) is 50.2 Å². The third-order valence-electron chi connectivity index (χ3n) is 1.86. The molecule has 0 bridgehead atoms. The summed E-state index contributed by atoms with van der Waals surface area (Å²) in [7, 11) is 0. The molecule has 0 atom stereocenters. The largest absolute Gasteiger partial charge is 0.480 e. The van der Waals surface area contributed by atoms with Crippen molar-refractivity contribution in [2.24, 2.45) is 0 Å². The molecule has 0 aromatic carbocycles. The van der Waals surface area contributed by atoms with Gasteiger partial charge in [0, 0.05) is 11.1 Å². The quantitative estimate of drug-likeness (QED) is 0.661. The van der Waals surface area contributed by atoms with E-state index in [1.807, 2.05) is 18.3 Å². The fraction of sp³-hybridized carbons (Fsp3) is 0.500. The highest BCUT2D eigenvalue weighted by Gasteiger charge is 2.21. The molecule has 1 aromatic heterocycles. The lowest BCUT2D eigenvalue weighted by Crippen LogP contribution is -2.22. The molecule has 1 aromatic rings. The van der Waals surface area contributed by atoms with E-state index in [0.29, 0.717) is 0 Å². The fourth-order valence-corrected chi connectivity index (χ4v) is 1.11. The number of carboxylic acid groups (broad SMARTS) is 1. The smallest absolute Gasteiger partial charge is 0.319 e. The normalized spacial score (nSPS) is 10.4. The van der Waals surface area contributed by atoms with Crippen molar-refractivity contribution >= 4 is 34.5 Å². The van der Waals surface area contributed by atoms with Crippen LogP contribution >= 0.6 is 28.6 Å². The minimum atomic E-state index is -0.840. The summed E-state index contributed by atoms with van der Waals surface area (Å²) in [5.74, 6) is -0.840. The summed E-state index contributed by atoms with van der Waals surface area (Å²) >= 11 is 7.21. The Balaban J connectivity index is 0.000000325. The van der Waals surface area contributed by atoms with Crippen LogP contribution in [-0.4, -0.2) is 20.4 Å². The average molecular weight is 320 g/mol. The van der Waals surface area contributed by atoms with Crippen LogP contribution in [0.25, 0.3) is 0 Å². The number of pyridine rings is 1. The third-order valence-corrected chi connectivity index (χ3v) is 2.61. The Morgan fingerprint density at radius 3 is 2.47 bits per heavy atom. The summed E-state index contributed by atoms with van der Waals surface area (Å²) in [6.45, 7) is 5.30. The van der Waals surface area contributed by atoms with Gasteiger partial charge in [-0.1, -0.05) is 29.3 Å². The Morgan fingerprint density at radius 2 is 2.12 bits per heavy atom. The van der Waals surface area contributed by atoms with Gasteiger partial charge in [0.15, 0.2) is 0 Å². The number of rotatable bonds is 3. The maximum Gasteiger partial charge on any atom is 0.319 e. The van der Waals surface area contributed by atoms with Crippen LogP contribution in [0.5, 0.6) is 0 Å². The van der Waals surface area contributed by atoms with E-state index in [1.54, 1.807) is 13.8 Å². The van der Waals surface area contributed by atoms with Crippen molar-refractivity contribution in [1.82, 2.24) is 4.98 Å². The summed E-state index contributed by atoms with van der Waals surface area (Å²) < 4.78 is -0.771. The van der Waals surface area contributed by atoms with Gasteiger partial charge in [-0.3, -0.25) is 9.78 Å². The van der Waals surface area contributed by atoms with Crippen LogP contribution in [0.15, 0.2) is 23.2 Å². The van der Waals surface area contributed by atoms with Crippen LogP contribution in [0.2, 0.25) is 0 Å². The summed E-state index contributed by atoms with van der Waals surface area (Å²) in [6.07, 6.45) is 3.97. The van der Waals surface area contributed by atoms with Crippen molar-refractivity contribution in [1.29, 1.82) is 0 Å². The fourth-order valence-electron chi connectivity index (χ4n) is 0.859. The van der Waals surface area contributed by atoms with Gasteiger partial charge in [0.1, 0.15) is 4.32 Å². The predicted octanol–water partition coefficient (Wildman–Crippen LogP) is 3.57. The van der Waals surface area contributed by atoms with E-state index in [9.17, 15) is 4.79 Å². The molecule has 1 N–H and O–H groups in total. The Hall–Kier alpha value is -0.550. The first-order valence-electron chi connectivity index (χ1n) is 5.34. The second-order valence-corrected chi connectivity index (χ2v) is 6.46. The number of thiol groups is 1. The maximum absolute atomic E-state index is 9.97. The second kappa shape index (κ2) is 7.71. The van der Waals surface area contributed by atoms with Crippen LogP contribution in [0, 0.1) is 0 Å². The van der Waals surface area contributed by atoms with Gasteiger partial charge in [-0.15, -0.1) is 12.6 Å². The summed E-state index contributed by atoms with van der Waals surface area (Å²) in [6, 6.07) is 3.88.